The molecule has 1 heteroatoms. The average Bonchev–Trinajstić information content (AvgIpc) is 2.16. The van der Waals surface area contributed by atoms with Gasteiger partial charge >= 0.3 is 0 Å². The van der Waals surface area contributed by atoms with Crippen LogP contribution >= 0.6 is 0 Å². The summed E-state index contributed by atoms with van der Waals surface area (Å²) < 4.78 is 0. The van der Waals surface area contributed by atoms with Gasteiger partial charge in [0.1, 0.15) is 0 Å². The highest BCUT2D eigenvalue weighted by Crippen LogP contribution is 2.05. The molecule has 0 aliphatic heterocycles. The average molecular weight is 191 g/mol. The minimum Gasteiger partial charge on any atom is -0.310 e. The van der Waals surface area contributed by atoms with Crippen molar-refractivity contribution in [2.45, 2.75) is 40.3 Å². The smallest absolute Gasteiger partial charge is 0.0208 e. The quantitative estimate of drug-likeness (QED) is 0.771. The SMILES string of the molecule is Cc1ccc(CN[C@@H](C)C(C)C)cc1. The third-order valence-electron chi connectivity index (χ3n) is 2.75. The highest BCUT2D eigenvalue weighted by molar-refractivity contribution is 5.21. The van der Waals surface area contributed by atoms with E-state index < -0.39 is 0 Å². The minimum absolute atomic E-state index is 0.580. The van der Waals surface area contributed by atoms with Gasteiger partial charge in [0.15, 0.2) is 0 Å². The van der Waals surface area contributed by atoms with E-state index >= 15 is 0 Å². The second kappa shape index (κ2) is 5.16. The molecule has 0 aliphatic carbocycles. The summed E-state index contributed by atoms with van der Waals surface area (Å²) in [6.07, 6.45) is 0. The first kappa shape index (κ1) is 11.3. The standard InChI is InChI=1S/C13H21N/c1-10(2)12(4)14-9-13-7-5-11(3)6-8-13/h5-8,10,12,14H,9H2,1-4H3/t12-/m0/s1. The highest BCUT2D eigenvalue weighted by atomic mass is 14.9. The first-order chi connectivity index (χ1) is 6.59. The molecule has 0 spiro atoms. The summed E-state index contributed by atoms with van der Waals surface area (Å²) in [5.41, 5.74) is 2.69. The van der Waals surface area contributed by atoms with E-state index in [4.69, 9.17) is 0 Å². The van der Waals surface area contributed by atoms with Crippen molar-refractivity contribution in [3.63, 3.8) is 0 Å². The Morgan fingerprint density at radius 1 is 1.07 bits per heavy atom. The summed E-state index contributed by atoms with van der Waals surface area (Å²) in [6, 6.07) is 9.29. The lowest BCUT2D eigenvalue weighted by molar-refractivity contribution is 0.426. The molecule has 0 saturated heterocycles. The molecule has 0 unspecified atom stereocenters. The molecule has 0 radical (unpaired) electrons. The van der Waals surface area contributed by atoms with Crippen molar-refractivity contribution in [3.05, 3.63) is 35.4 Å². The zero-order chi connectivity index (χ0) is 10.6. The number of hydrogen-bond donors (Lipinski definition) is 1. The summed E-state index contributed by atoms with van der Waals surface area (Å²) in [4.78, 5) is 0. The van der Waals surface area contributed by atoms with Crippen LogP contribution in [-0.2, 0) is 6.54 Å². The summed E-state index contributed by atoms with van der Waals surface area (Å²) in [5.74, 6) is 0.695. The third kappa shape index (κ3) is 3.51. The second-order valence-corrected chi connectivity index (χ2v) is 4.40. The van der Waals surface area contributed by atoms with Gasteiger partial charge in [-0.1, -0.05) is 43.7 Å². The van der Waals surface area contributed by atoms with Crippen LogP contribution in [0.2, 0.25) is 0 Å². The fourth-order valence-electron chi connectivity index (χ4n) is 1.22. The van der Waals surface area contributed by atoms with Gasteiger partial charge in [0, 0.05) is 12.6 Å². The molecule has 0 amide bonds. The Labute approximate surface area is 87.5 Å². The van der Waals surface area contributed by atoms with Crippen LogP contribution in [0.3, 0.4) is 0 Å². The van der Waals surface area contributed by atoms with Crippen LogP contribution < -0.4 is 5.32 Å². The van der Waals surface area contributed by atoms with E-state index in [1.165, 1.54) is 11.1 Å². The first-order valence-electron chi connectivity index (χ1n) is 5.38. The Hall–Kier alpha value is -0.820. The van der Waals surface area contributed by atoms with Crippen LogP contribution in [0.15, 0.2) is 24.3 Å². The maximum Gasteiger partial charge on any atom is 0.0208 e. The molecule has 14 heavy (non-hydrogen) atoms. The Morgan fingerprint density at radius 3 is 2.14 bits per heavy atom. The zero-order valence-corrected chi connectivity index (χ0v) is 9.67. The van der Waals surface area contributed by atoms with E-state index in [9.17, 15) is 0 Å². The van der Waals surface area contributed by atoms with Crippen LogP contribution in [0, 0.1) is 12.8 Å². The van der Waals surface area contributed by atoms with Crippen LogP contribution in [0.1, 0.15) is 31.9 Å². The van der Waals surface area contributed by atoms with Crippen molar-refractivity contribution < 1.29 is 0 Å². The van der Waals surface area contributed by atoms with Gasteiger partial charge in [0.2, 0.25) is 0 Å². The topological polar surface area (TPSA) is 12.0 Å². The van der Waals surface area contributed by atoms with E-state index in [0.717, 1.165) is 6.54 Å². The fourth-order valence-corrected chi connectivity index (χ4v) is 1.22. The molecule has 1 nitrogen and oxygen atoms in total. The molecule has 0 aromatic heterocycles. The Bertz CT molecular complexity index is 261. The van der Waals surface area contributed by atoms with Crippen molar-refractivity contribution in [3.8, 4) is 0 Å². The molecule has 1 N–H and O–H groups in total. The van der Waals surface area contributed by atoms with E-state index in [2.05, 4.69) is 57.3 Å². The summed E-state index contributed by atoms with van der Waals surface area (Å²) in [7, 11) is 0. The van der Waals surface area contributed by atoms with Gasteiger partial charge < -0.3 is 5.32 Å². The maximum absolute atomic E-state index is 3.52. The molecule has 1 atom stereocenters. The van der Waals surface area contributed by atoms with E-state index in [0.29, 0.717) is 12.0 Å². The van der Waals surface area contributed by atoms with Crippen molar-refractivity contribution in [2.24, 2.45) is 5.92 Å². The third-order valence-corrected chi connectivity index (χ3v) is 2.75. The van der Waals surface area contributed by atoms with Crippen LogP contribution in [0.25, 0.3) is 0 Å². The lowest BCUT2D eigenvalue weighted by Gasteiger charge is -2.17. The Kier molecular flexibility index (Phi) is 4.15. The fraction of sp³-hybridized carbons (Fsp3) is 0.538. The van der Waals surface area contributed by atoms with E-state index in [1.807, 2.05) is 0 Å². The molecule has 0 bridgehead atoms. The lowest BCUT2D eigenvalue weighted by atomic mass is 10.1. The molecule has 78 valence electrons. The first-order valence-corrected chi connectivity index (χ1v) is 5.38. The molecule has 1 rings (SSSR count). The minimum atomic E-state index is 0.580. The predicted molar refractivity (Wildman–Crippen MR) is 62.3 cm³/mol. The second-order valence-electron chi connectivity index (χ2n) is 4.40. The maximum atomic E-state index is 3.52. The van der Waals surface area contributed by atoms with Crippen LogP contribution in [0.5, 0.6) is 0 Å². The van der Waals surface area contributed by atoms with Gasteiger partial charge in [0.05, 0.1) is 0 Å². The molecule has 0 saturated carbocycles. The number of nitrogens with one attached hydrogen (secondary N) is 1. The number of rotatable bonds is 4. The summed E-state index contributed by atoms with van der Waals surface area (Å²) in [6.45, 7) is 9.81. The Balaban J connectivity index is 2.42. The normalized spacial score (nSPS) is 13.2. The largest absolute Gasteiger partial charge is 0.310 e. The highest BCUT2D eigenvalue weighted by Gasteiger charge is 2.05. The van der Waals surface area contributed by atoms with Crippen molar-refractivity contribution in [1.29, 1.82) is 0 Å². The Morgan fingerprint density at radius 2 is 1.64 bits per heavy atom. The van der Waals surface area contributed by atoms with Gasteiger partial charge in [-0.05, 0) is 25.3 Å². The van der Waals surface area contributed by atoms with E-state index in [1.54, 1.807) is 0 Å². The van der Waals surface area contributed by atoms with Gasteiger partial charge in [-0.25, -0.2) is 0 Å². The molecule has 0 fully saturated rings. The van der Waals surface area contributed by atoms with Gasteiger partial charge in [0.25, 0.3) is 0 Å². The van der Waals surface area contributed by atoms with Crippen molar-refractivity contribution in [2.75, 3.05) is 0 Å². The molecular formula is C13H21N. The predicted octanol–water partition coefficient (Wildman–Crippen LogP) is 3.13. The molecule has 1 aromatic rings. The van der Waals surface area contributed by atoms with E-state index in [-0.39, 0.29) is 0 Å². The lowest BCUT2D eigenvalue weighted by Crippen LogP contribution is -2.30. The van der Waals surface area contributed by atoms with Gasteiger partial charge in [-0.2, -0.15) is 0 Å². The number of hydrogen-bond acceptors (Lipinski definition) is 1. The molecule has 1 aromatic carbocycles. The number of aryl methyl sites for hydroxylation is 1. The summed E-state index contributed by atoms with van der Waals surface area (Å²) >= 11 is 0. The molecule has 0 heterocycles. The van der Waals surface area contributed by atoms with Crippen LogP contribution in [-0.4, -0.2) is 6.04 Å². The van der Waals surface area contributed by atoms with Gasteiger partial charge in [-0.3, -0.25) is 0 Å². The number of benzene rings is 1. The summed E-state index contributed by atoms with van der Waals surface area (Å²) in [5, 5.41) is 3.52. The van der Waals surface area contributed by atoms with Crippen LogP contribution in [0.4, 0.5) is 0 Å². The van der Waals surface area contributed by atoms with Gasteiger partial charge in [-0.15, -0.1) is 0 Å². The van der Waals surface area contributed by atoms with Crippen molar-refractivity contribution in [1.82, 2.24) is 5.32 Å². The molecular weight excluding hydrogens is 170 g/mol. The monoisotopic (exact) mass is 191 g/mol. The van der Waals surface area contributed by atoms with Crippen molar-refractivity contribution >= 4 is 0 Å². The zero-order valence-electron chi connectivity index (χ0n) is 9.67. The molecule has 0 aliphatic rings.